The zero-order valence-electron chi connectivity index (χ0n) is 17.2. The van der Waals surface area contributed by atoms with Crippen LogP contribution in [0.15, 0.2) is 42.5 Å². The van der Waals surface area contributed by atoms with Crippen molar-refractivity contribution in [3.63, 3.8) is 0 Å². The van der Waals surface area contributed by atoms with Crippen molar-refractivity contribution >= 4 is 11.6 Å². The van der Waals surface area contributed by atoms with Crippen LogP contribution in [0.5, 0.6) is 11.5 Å². The summed E-state index contributed by atoms with van der Waals surface area (Å²) in [6, 6.07) is 13.6. The lowest BCUT2D eigenvalue weighted by Crippen LogP contribution is -2.32. The topological polar surface area (TPSA) is 50.8 Å². The Morgan fingerprint density at radius 3 is 2.14 bits per heavy atom. The highest BCUT2D eigenvalue weighted by Crippen LogP contribution is 2.26. The number of amides is 1. The molecule has 150 valence electrons. The first-order valence-corrected chi connectivity index (χ1v) is 9.89. The van der Waals surface area contributed by atoms with Gasteiger partial charge in [0.25, 0.3) is 5.91 Å². The van der Waals surface area contributed by atoms with Crippen molar-refractivity contribution in [1.82, 2.24) is 5.32 Å². The maximum atomic E-state index is 12.7. The average Bonchev–Trinajstić information content (AvgIpc) is 2.73. The Balaban J connectivity index is 1.66. The molecule has 2 aromatic carbocycles. The molecule has 1 saturated heterocycles. The number of nitrogens with one attached hydrogen (secondary N) is 1. The van der Waals surface area contributed by atoms with Crippen LogP contribution in [-0.2, 0) is 0 Å². The Kier molecular flexibility index (Phi) is 6.45. The molecule has 0 saturated carbocycles. The van der Waals surface area contributed by atoms with Crippen molar-refractivity contribution in [1.29, 1.82) is 0 Å². The lowest BCUT2D eigenvalue weighted by molar-refractivity contribution is 0.0939. The highest BCUT2D eigenvalue weighted by atomic mass is 16.5. The number of ether oxygens (including phenoxy) is 2. The fourth-order valence-corrected chi connectivity index (χ4v) is 3.54. The van der Waals surface area contributed by atoms with Crippen LogP contribution in [0.4, 0.5) is 5.69 Å². The van der Waals surface area contributed by atoms with Gasteiger partial charge >= 0.3 is 0 Å². The van der Waals surface area contributed by atoms with Gasteiger partial charge in [-0.25, -0.2) is 0 Å². The lowest BCUT2D eigenvalue weighted by atomic mass is 9.98. The van der Waals surface area contributed by atoms with Crippen molar-refractivity contribution in [2.45, 2.75) is 32.7 Å². The number of hydrogen-bond donors (Lipinski definition) is 1. The van der Waals surface area contributed by atoms with Gasteiger partial charge in [-0.2, -0.15) is 0 Å². The van der Waals surface area contributed by atoms with Gasteiger partial charge in [-0.05, 0) is 55.5 Å². The zero-order chi connectivity index (χ0) is 20.1. The van der Waals surface area contributed by atoms with E-state index >= 15 is 0 Å². The number of anilines is 1. The van der Waals surface area contributed by atoms with Crippen LogP contribution in [0.3, 0.4) is 0 Å². The minimum absolute atomic E-state index is 0.0971. The summed E-state index contributed by atoms with van der Waals surface area (Å²) in [5.41, 5.74) is 2.85. The third-order valence-electron chi connectivity index (χ3n) is 5.50. The molecule has 1 atom stereocenters. The van der Waals surface area contributed by atoms with Crippen LogP contribution in [0.2, 0.25) is 0 Å². The van der Waals surface area contributed by atoms with Gasteiger partial charge in [-0.1, -0.05) is 19.1 Å². The predicted molar refractivity (Wildman–Crippen MR) is 112 cm³/mol. The van der Waals surface area contributed by atoms with Gasteiger partial charge in [0, 0.05) is 30.4 Å². The van der Waals surface area contributed by atoms with E-state index in [-0.39, 0.29) is 11.9 Å². The first-order chi connectivity index (χ1) is 13.5. The van der Waals surface area contributed by atoms with Gasteiger partial charge < -0.3 is 19.7 Å². The number of carbonyl (C=O) groups excluding carboxylic acids is 1. The van der Waals surface area contributed by atoms with Gasteiger partial charge in [-0.15, -0.1) is 0 Å². The number of hydrogen-bond acceptors (Lipinski definition) is 4. The number of nitrogens with zero attached hydrogens (tertiary/aromatic N) is 1. The molecule has 1 heterocycles. The van der Waals surface area contributed by atoms with Gasteiger partial charge in [-0.3, -0.25) is 4.79 Å². The standard InChI is InChI=1S/C23H30N2O3/c1-16-9-11-25(12-10-16)20-7-5-18(6-8-20)17(2)24-23(26)19-13-21(27-3)15-22(14-19)28-4/h5-8,13-17H,9-12H2,1-4H3,(H,24,26)/t17-/m1/s1. The molecule has 1 amide bonds. The van der Waals surface area contributed by atoms with E-state index in [1.165, 1.54) is 18.5 Å². The first kappa shape index (κ1) is 20.1. The van der Waals surface area contributed by atoms with Crippen LogP contribution < -0.4 is 19.7 Å². The normalized spacial score (nSPS) is 15.8. The minimum Gasteiger partial charge on any atom is -0.497 e. The number of benzene rings is 2. The fourth-order valence-electron chi connectivity index (χ4n) is 3.54. The van der Waals surface area contributed by atoms with Gasteiger partial charge in [0.1, 0.15) is 11.5 Å². The summed E-state index contributed by atoms with van der Waals surface area (Å²) in [6.07, 6.45) is 2.50. The maximum Gasteiger partial charge on any atom is 0.252 e. The molecular weight excluding hydrogens is 352 g/mol. The molecule has 1 aliphatic heterocycles. The smallest absolute Gasteiger partial charge is 0.252 e. The highest BCUT2D eigenvalue weighted by molar-refractivity contribution is 5.95. The summed E-state index contributed by atoms with van der Waals surface area (Å²) in [6.45, 7) is 6.55. The summed E-state index contributed by atoms with van der Waals surface area (Å²) in [7, 11) is 3.15. The molecular formula is C23H30N2O3. The second-order valence-corrected chi connectivity index (χ2v) is 7.56. The zero-order valence-corrected chi connectivity index (χ0v) is 17.2. The SMILES string of the molecule is COc1cc(OC)cc(C(=O)N[C@H](C)c2ccc(N3CCC(C)CC3)cc2)c1. The van der Waals surface area contributed by atoms with E-state index in [1.807, 2.05) is 6.92 Å². The molecule has 2 aromatic rings. The molecule has 1 fully saturated rings. The van der Waals surface area contributed by atoms with E-state index in [0.29, 0.717) is 17.1 Å². The fraction of sp³-hybridized carbons (Fsp3) is 0.435. The van der Waals surface area contributed by atoms with Crippen LogP contribution in [0.25, 0.3) is 0 Å². The molecule has 0 aliphatic carbocycles. The summed E-state index contributed by atoms with van der Waals surface area (Å²) in [4.78, 5) is 15.1. The van der Waals surface area contributed by atoms with Crippen molar-refractivity contribution in [2.24, 2.45) is 5.92 Å². The maximum absolute atomic E-state index is 12.7. The van der Waals surface area contributed by atoms with Gasteiger partial charge in [0.2, 0.25) is 0 Å². The van der Waals surface area contributed by atoms with Crippen molar-refractivity contribution in [2.75, 3.05) is 32.2 Å². The molecule has 28 heavy (non-hydrogen) atoms. The number of rotatable bonds is 6. The Morgan fingerprint density at radius 2 is 1.61 bits per heavy atom. The van der Waals surface area contributed by atoms with Crippen molar-refractivity contribution < 1.29 is 14.3 Å². The summed E-state index contributed by atoms with van der Waals surface area (Å²) in [5, 5.41) is 3.06. The van der Waals surface area contributed by atoms with Crippen LogP contribution >= 0.6 is 0 Å². The lowest BCUT2D eigenvalue weighted by Gasteiger charge is -2.32. The molecule has 5 heteroatoms. The molecule has 0 unspecified atom stereocenters. The summed E-state index contributed by atoms with van der Waals surface area (Å²) >= 11 is 0. The molecule has 0 bridgehead atoms. The van der Waals surface area contributed by atoms with E-state index in [9.17, 15) is 4.79 Å². The second kappa shape index (κ2) is 9.00. The molecule has 0 radical (unpaired) electrons. The molecule has 5 nitrogen and oxygen atoms in total. The molecule has 0 spiro atoms. The Hall–Kier alpha value is -2.69. The summed E-state index contributed by atoms with van der Waals surface area (Å²) < 4.78 is 10.5. The van der Waals surface area contributed by atoms with E-state index < -0.39 is 0 Å². The number of piperidine rings is 1. The second-order valence-electron chi connectivity index (χ2n) is 7.56. The Labute approximate surface area is 167 Å². The van der Waals surface area contributed by atoms with Gasteiger partial charge in [0.05, 0.1) is 20.3 Å². The number of methoxy groups -OCH3 is 2. The monoisotopic (exact) mass is 382 g/mol. The average molecular weight is 383 g/mol. The third kappa shape index (κ3) is 4.77. The quantitative estimate of drug-likeness (QED) is 0.803. The predicted octanol–water partition coefficient (Wildman–Crippen LogP) is 4.43. The van der Waals surface area contributed by atoms with Crippen molar-refractivity contribution in [3.8, 4) is 11.5 Å². The Morgan fingerprint density at radius 1 is 1.04 bits per heavy atom. The van der Waals surface area contributed by atoms with E-state index in [4.69, 9.17) is 9.47 Å². The first-order valence-electron chi connectivity index (χ1n) is 9.89. The van der Waals surface area contributed by atoms with E-state index in [0.717, 1.165) is 24.6 Å². The minimum atomic E-state index is -0.154. The third-order valence-corrected chi connectivity index (χ3v) is 5.50. The van der Waals surface area contributed by atoms with Gasteiger partial charge in [0.15, 0.2) is 0 Å². The van der Waals surface area contributed by atoms with Crippen LogP contribution in [0, 0.1) is 5.92 Å². The summed E-state index contributed by atoms with van der Waals surface area (Å²) in [5.74, 6) is 1.86. The molecule has 1 N–H and O–H groups in total. The van der Waals surface area contributed by atoms with Crippen LogP contribution in [-0.4, -0.2) is 33.2 Å². The van der Waals surface area contributed by atoms with Crippen LogP contribution in [0.1, 0.15) is 48.7 Å². The number of carbonyl (C=O) groups is 1. The molecule has 3 rings (SSSR count). The Bertz CT molecular complexity index is 774. The molecule has 1 aliphatic rings. The molecule has 0 aromatic heterocycles. The van der Waals surface area contributed by atoms with E-state index in [2.05, 4.69) is 41.4 Å². The van der Waals surface area contributed by atoms with Crippen molar-refractivity contribution in [3.05, 3.63) is 53.6 Å². The largest absolute Gasteiger partial charge is 0.497 e. The highest BCUT2D eigenvalue weighted by Gasteiger charge is 2.17. The van der Waals surface area contributed by atoms with E-state index in [1.54, 1.807) is 32.4 Å².